The minimum atomic E-state index is -0.159. The summed E-state index contributed by atoms with van der Waals surface area (Å²) in [7, 11) is 0. The average molecular weight is 228 g/mol. The Kier molecular flexibility index (Phi) is 4.00. The molecule has 0 fully saturated rings. The van der Waals surface area contributed by atoms with E-state index in [2.05, 4.69) is 20.8 Å². The zero-order chi connectivity index (χ0) is 11.5. The largest absolute Gasteiger partial charge is 0.488 e. The van der Waals surface area contributed by atoms with Crippen molar-refractivity contribution in [1.29, 1.82) is 0 Å². The van der Waals surface area contributed by atoms with Crippen LogP contribution >= 0.6 is 11.6 Å². The van der Waals surface area contributed by atoms with Crippen molar-refractivity contribution < 1.29 is 4.74 Å². The van der Waals surface area contributed by atoms with Gasteiger partial charge in [-0.3, -0.25) is 0 Å². The van der Waals surface area contributed by atoms with Gasteiger partial charge in [0.1, 0.15) is 11.4 Å². The van der Waals surface area contributed by atoms with Gasteiger partial charge in [0, 0.05) is 11.6 Å². The predicted octanol–water partition coefficient (Wildman–Crippen LogP) is 3.37. The molecule has 84 valence electrons. The van der Waals surface area contributed by atoms with Crippen LogP contribution in [0.1, 0.15) is 32.8 Å². The first-order valence-electron chi connectivity index (χ1n) is 5.16. The molecule has 0 unspecified atom stereocenters. The highest BCUT2D eigenvalue weighted by Gasteiger charge is 2.16. The van der Waals surface area contributed by atoms with Crippen LogP contribution in [0.3, 0.4) is 0 Å². The molecule has 0 bridgehead atoms. The molecular formula is C12H18ClNO. The first-order chi connectivity index (χ1) is 6.98. The lowest BCUT2D eigenvalue weighted by Crippen LogP contribution is -2.26. The lowest BCUT2D eigenvalue weighted by atomic mass is 10.1. The summed E-state index contributed by atoms with van der Waals surface area (Å²) in [5.74, 6) is 0.795. The quantitative estimate of drug-likeness (QED) is 0.856. The van der Waals surface area contributed by atoms with E-state index in [9.17, 15) is 0 Å². The molecule has 0 saturated carbocycles. The van der Waals surface area contributed by atoms with Gasteiger partial charge in [0.05, 0.1) is 0 Å². The van der Waals surface area contributed by atoms with E-state index in [1.807, 2.05) is 18.2 Å². The van der Waals surface area contributed by atoms with Crippen molar-refractivity contribution in [3.8, 4) is 5.75 Å². The Bertz CT molecular complexity index is 336. The molecule has 0 aromatic heterocycles. The molecular weight excluding hydrogens is 210 g/mol. The van der Waals surface area contributed by atoms with E-state index in [4.69, 9.17) is 22.1 Å². The number of ether oxygens (including phenoxy) is 1. The van der Waals surface area contributed by atoms with E-state index in [0.717, 1.165) is 17.7 Å². The van der Waals surface area contributed by atoms with Gasteiger partial charge in [-0.1, -0.05) is 24.6 Å². The molecule has 0 heterocycles. The number of nitrogens with two attached hydrogens (primary N) is 1. The van der Waals surface area contributed by atoms with Crippen LogP contribution in [0.4, 0.5) is 0 Å². The molecule has 0 atom stereocenters. The lowest BCUT2D eigenvalue weighted by Gasteiger charge is -2.25. The van der Waals surface area contributed by atoms with Crippen molar-refractivity contribution in [2.24, 2.45) is 5.73 Å². The molecule has 0 aliphatic heterocycles. The number of hydrogen-bond donors (Lipinski definition) is 1. The highest BCUT2D eigenvalue weighted by atomic mass is 35.5. The number of halogens is 1. The fraction of sp³-hybridized carbons (Fsp3) is 0.500. The van der Waals surface area contributed by atoms with Gasteiger partial charge < -0.3 is 10.5 Å². The van der Waals surface area contributed by atoms with Crippen LogP contribution in [-0.4, -0.2) is 5.60 Å². The molecule has 0 spiro atoms. The van der Waals surface area contributed by atoms with E-state index >= 15 is 0 Å². The standard InChI is InChI=1S/C12H18ClNO/c1-4-12(2,3)15-10-6-5-9(8-14)11(13)7-10/h5-7H,4,8,14H2,1-3H3. The maximum absolute atomic E-state index is 6.04. The Labute approximate surface area is 96.4 Å². The minimum Gasteiger partial charge on any atom is -0.488 e. The van der Waals surface area contributed by atoms with Gasteiger partial charge in [0.25, 0.3) is 0 Å². The van der Waals surface area contributed by atoms with Gasteiger partial charge in [-0.05, 0) is 38.0 Å². The summed E-state index contributed by atoms with van der Waals surface area (Å²) in [5.41, 5.74) is 6.31. The smallest absolute Gasteiger partial charge is 0.121 e. The van der Waals surface area contributed by atoms with E-state index in [1.54, 1.807) is 0 Å². The molecule has 0 radical (unpaired) electrons. The molecule has 2 N–H and O–H groups in total. The Hall–Kier alpha value is -0.730. The molecule has 3 heteroatoms. The summed E-state index contributed by atoms with van der Waals surface area (Å²) in [5, 5.41) is 0.668. The van der Waals surface area contributed by atoms with Gasteiger partial charge in [-0.25, -0.2) is 0 Å². The normalized spacial score (nSPS) is 11.5. The molecule has 2 nitrogen and oxygen atoms in total. The molecule has 0 amide bonds. The van der Waals surface area contributed by atoms with E-state index in [-0.39, 0.29) is 5.60 Å². The fourth-order valence-corrected chi connectivity index (χ4v) is 1.40. The Morgan fingerprint density at radius 2 is 2.07 bits per heavy atom. The molecule has 1 rings (SSSR count). The SMILES string of the molecule is CCC(C)(C)Oc1ccc(CN)c(Cl)c1. The van der Waals surface area contributed by atoms with Crippen LogP contribution in [-0.2, 0) is 6.54 Å². The summed E-state index contributed by atoms with van der Waals surface area (Å²) >= 11 is 6.04. The third kappa shape index (κ3) is 3.40. The van der Waals surface area contributed by atoms with Crippen LogP contribution in [0.25, 0.3) is 0 Å². The number of rotatable bonds is 4. The van der Waals surface area contributed by atoms with E-state index in [1.165, 1.54) is 0 Å². The van der Waals surface area contributed by atoms with Crippen LogP contribution in [0.2, 0.25) is 5.02 Å². The highest BCUT2D eigenvalue weighted by molar-refractivity contribution is 6.31. The fourth-order valence-electron chi connectivity index (χ4n) is 1.15. The Balaban J connectivity index is 2.84. The third-order valence-electron chi connectivity index (χ3n) is 2.49. The Morgan fingerprint density at radius 3 is 2.53 bits per heavy atom. The second-order valence-corrected chi connectivity index (χ2v) is 4.58. The molecule has 0 aliphatic rings. The van der Waals surface area contributed by atoms with Gasteiger partial charge in [0.2, 0.25) is 0 Å². The van der Waals surface area contributed by atoms with Crippen LogP contribution in [0, 0.1) is 0 Å². The first-order valence-corrected chi connectivity index (χ1v) is 5.54. The predicted molar refractivity (Wildman–Crippen MR) is 64.3 cm³/mol. The summed E-state index contributed by atoms with van der Waals surface area (Å²) < 4.78 is 5.81. The summed E-state index contributed by atoms with van der Waals surface area (Å²) in [4.78, 5) is 0. The van der Waals surface area contributed by atoms with Crippen molar-refractivity contribution in [1.82, 2.24) is 0 Å². The van der Waals surface area contributed by atoms with Gasteiger partial charge in [0.15, 0.2) is 0 Å². The molecule has 1 aromatic rings. The van der Waals surface area contributed by atoms with Crippen molar-refractivity contribution in [3.63, 3.8) is 0 Å². The van der Waals surface area contributed by atoms with Crippen LogP contribution in [0.5, 0.6) is 5.75 Å². The maximum Gasteiger partial charge on any atom is 0.121 e. The summed E-state index contributed by atoms with van der Waals surface area (Å²) in [6.07, 6.45) is 0.948. The van der Waals surface area contributed by atoms with E-state index in [0.29, 0.717) is 11.6 Å². The van der Waals surface area contributed by atoms with Gasteiger partial charge in [-0.2, -0.15) is 0 Å². The van der Waals surface area contributed by atoms with Crippen molar-refractivity contribution in [2.45, 2.75) is 39.3 Å². The molecule has 0 aliphatic carbocycles. The second-order valence-electron chi connectivity index (χ2n) is 4.17. The first kappa shape index (κ1) is 12.3. The molecule has 15 heavy (non-hydrogen) atoms. The third-order valence-corrected chi connectivity index (χ3v) is 2.84. The molecule has 1 aromatic carbocycles. The zero-order valence-corrected chi connectivity index (χ0v) is 10.3. The van der Waals surface area contributed by atoms with Crippen LogP contribution < -0.4 is 10.5 Å². The van der Waals surface area contributed by atoms with Gasteiger partial charge in [-0.15, -0.1) is 0 Å². The highest BCUT2D eigenvalue weighted by Crippen LogP contribution is 2.26. The number of benzene rings is 1. The molecule has 0 saturated heterocycles. The van der Waals surface area contributed by atoms with Crippen molar-refractivity contribution >= 4 is 11.6 Å². The van der Waals surface area contributed by atoms with E-state index < -0.39 is 0 Å². The topological polar surface area (TPSA) is 35.2 Å². The second kappa shape index (κ2) is 4.86. The minimum absolute atomic E-state index is 0.159. The van der Waals surface area contributed by atoms with Crippen LogP contribution in [0.15, 0.2) is 18.2 Å². The summed E-state index contributed by atoms with van der Waals surface area (Å²) in [6, 6.07) is 5.63. The zero-order valence-electron chi connectivity index (χ0n) is 9.51. The monoisotopic (exact) mass is 227 g/mol. The summed E-state index contributed by atoms with van der Waals surface area (Å²) in [6.45, 7) is 6.65. The lowest BCUT2D eigenvalue weighted by molar-refractivity contribution is 0.105. The maximum atomic E-state index is 6.04. The van der Waals surface area contributed by atoms with Crippen molar-refractivity contribution in [2.75, 3.05) is 0 Å². The number of hydrogen-bond acceptors (Lipinski definition) is 2. The average Bonchev–Trinajstić information content (AvgIpc) is 2.17. The van der Waals surface area contributed by atoms with Gasteiger partial charge >= 0.3 is 0 Å². The van der Waals surface area contributed by atoms with Crippen molar-refractivity contribution in [3.05, 3.63) is 28.8 Å². The Morgan fingerprint density at radius 1 is 1.40 bits per heavy atom.